The average Bonchev–Trinajstić information content (AvgIpc) is 3.06. The molecule has 3 aliphatic heterocycles. The largest absolute Gasteiger partial charge is 0.489 e. The minimum Gasteiger partial charge on any atom is -0.489 e. The molecule has 0 amide bonds. The Hall–Kier alpha value is -3.15. The van der Waals surface area contributed by atoms with Crippen molar-refractivity contribution in [2.45, 2.75) is 50.5 Å². The molecule has 2 aromatic carbocycles. The van der Waals surface area contributed by atoms with E-state index in [4.69, 9.17) is 25.0 Å². The van der Waals surface area contributed by atoms with Crippen LogP contribution in [-0.4, -0.2) is 36.4 Å². The van der Waals surface area contributed by atoms with Crippen LogP contribution < -0.4 is 10.5 Å². The van der Waals surface area contributed by atoms with Crippen molar-refractivity contribution < 1.29 is 18.7 Å². The Bertz CT molecular complexity index is 1170. The van der Waals surface area contributed by atoms with Crippen LogP contribution in [0.15, 0.2) is 41.4 Å². The van der Waals surface area contributed by atoms with Gasteiger partial charge in [-0.2, -0.15) is 5.26 Å². The van der Waals surface area contributed by atoms with Crippen LogP contribution in [0, 0.1) is 23.1 Å². The number of nitrogens with zero attached hydrogens (tertiary/aromatic N) is 3. The maximum Gasteiger partial charge on any atom is 0.221 e. The third kappa shape index (κ3) is 3.71. The molecule has 3 heterocycles. The Kier molecular flexibility index (Phi) is 5.07. The van der Waals surface area contributed by atoms with Crippen LogP contribution in [0.3, 0.4) is 0 Å². The van der Waals surface area contributed by atoms with Gasteiger partial charge in [-0.3, -0.25) is 0 Å². The maximum absolute atomic E-state index is 14.9. The number of aliphatic imine (C=N–C) groups is 1. The quantitative estimate of drug-likeness (QED) is 0.742. The van der Waals surface area contributed by atoms with Crippen molar-refractivity contribution in [2.75, 3.05) is 13.7 Å². The van der Waals surface area contributed by atoms with Gasteiger partial charge in [0.2, 0.25) is 11.7 Å². The van der Waals surface area contributed by atoms with Gasteiger partial charge in [0.1, 0.15) is 23.7 Å². The Morgan fingerprint density at radius 1 is 1.24 bits per heavy atom. The number of rotatable bonds is 2. The molecule has 2 N–H and O–H groups in total. The predicted molar refractivity (Wildman–Crippen MR) is 120 cm³/mol. The SMILES string of the molecule is CN1OC2(C[C@H]([C@@H]3CCOC(C)(C)C3)Oc3ccc(-c4cccc(C#N)c4F)cc32)N=C1N. The molecule has 7 nitrogen and oxygen atoms in total. The van der Waals surface area contributed by atoms with Gasteiger partial charge >= 0.3 is 0 Å². The molecule has 172 valence electrons. The van der Waals surface area contributed by atoms with Gasteiger partial charge < -0.3 is 15.2 Å². The zero-order valence-electron chi connectivity index (χ0n) is 19.0. The fraction of sp³-hybridized carbons (Fsp3) is 0.440. The van der Waals surface area contributed by atoms with Gasteiger partial charge in [-0.15, -0.1) is 0 Å². The molecule has 0 aromatic heterocycles. The lowest BCUT2D eigenvalue weighted by Gasteiger charge is -2.44. The van der Waals surface area contributed by atoms with E-state index < -0.39 is 11.5 Å². The van der Waals surface area contributed by atoms with E-state index in [1.165, 1.54) is 11.1 Å². The predicted octanol–water partition coefficient (Wildman–Crippen LogP) is 4.07. The molecule has 3 aliphatic rings. The van der Waals surface area contributed by atoms with Crippen LogP contribution in [0.25, 0.3) is 11.1 Å². The maximum atomic E-state index is 14.9. The van der Waals surface area contributed by atoms with E-state index in [-0.39, 0.29) is 29.1 Å². The van der Waals surface area contributed by atoms with Crippen molar-refractivity contribution in [3.05, 3.63) is 53.3 Å². The number of ether oxygens (including phenoxy) is 2. The van der Waals surface area contributed by atoms with Gasteiger partial charge in [0.05, 0.1) is 16.7 Å². The standard InChI is InChI=1S/C25H27FN4O3/c1-24(2)12-16(9-10-31-24)21-13-25(29-23(28)30(3)33-25)19-11-15(7-8-20(19)32-21)18-6-4-5-17(14-27)22(18)26/h4-8,11,16,21H,9-10,12-13H2,1-3H3,(H2,28,29)/t16-,21-,25?/m1/s1. The number of hydrogen-bond donors (Lipinski definition) is 1. The minimum atomic E-state index is -1.06. The lowest BCUT2D eigenvalue weighted by atomic mass is 9.79. The summed E-state index contributed by atoms with van der Waals surface area (Å²) in [4.78, 5) is 10.9. The van der Waals surface area contributed by atoms with Crippen molar-refractivity contribution in [1.82, 2.24) is 5.06 Å². The Balaban J connectivity index is 1.58. The highest BCUT2D eigenvalue weighted by Gasteiger charge is 2.51. The van der Waals surface area contributed by atoms with E-state index in [0.717, 1.165) is 12.8 Å². The first-order chi connectivity index (χ1) is 15.7. The third-order valence-corrected chi connectivity index (χ3v) is 6.75. The monoisotopic (exact) mass is 450 g/mol. The van der Waals surface area contributed by atoms with E-state index >= 15 is 0 Å². The molecule has 1 fully saturated rings. The molecule has 1 saturated heterocycles. The zero-order valence-corrected chi connectivity index (χ0v) is 19.0. The molecule has 2 aromatic rings. The lowest BCUT2D eigenvalue weighted by molar-refractivity contribution is -0.198. The van der Waals surface area contributed by atoms with Crippen LogP contribution in [-0.2, 0) is 15.3 Å². The van der Waals surface area contributed by atoms with Gasteiger partial charge in [0.15, 0.2) is 0 Å². The fourth-order valence-electron chi connectivity index (χ4n) is 5.13. The normalized spacial score (nSPS) is 28.1. The third-order valence-electron chi connectivity index (χ3n) is 6.75. The van der Waals surface area contributed by atoms with Gasteiger partial charge in [0.25, 0.3) is 0 Å². The topological polar surface area (TPSA) is 93.1 Å². The van der Waals surface area contributed by atoms with Crippen molar-refractivity contribution in [3.8, 4) is 22.9 Å². The molecule has 1 spiro atoms. The van der Waals surface area contributed by atoms with E-state index in [0.29, 0.717) is 35.5 Å². The first-order valence-corrected chi connectivity index (χ1v) is 11.1. The molecule has 1 unspecified atom stereocenters. The van der Waals surface area contributed by atoms with Crippen LogP contribution in [0.2, 0.25) is 0 Å². The zero-order chi connectivity index (χ0) is 23.4. The highest BCUT2D eigenvalue weighted by molar-refractivity contribution is 5.79. The van der Waals surface area contributed by atoms with E-state index in [9.17, 15) is 9.65 Å². The van der Waals surface area contributed by atoms with Crippen LogP contribution >= 0.6 is 0 Å². The molecule has 0 bridgehead atoms. The molecule has 5 rings (SSSR count). The minimum absolute atomic E-state index is 0.00232. The summed E-state index contributed by atoms with van der Waals surface area (Å²) >= 11 is 0. The van der Waals surface area contributed by atoms with Gasteiger partial charge in [-0.05, 0) is 50.5 Å². The summed E-state index contributed by atoms with van der Waals surface area (Å²) < 4.78 is 27.3. The molecule has 8 heteroatoms. The van der Waals surface area contributed by atoms with E-state index in [1.54, 1.807) is 25.2 Å². The molecular weight excluding hydrogens is 423 g/mol. The van der Waals surface area contributed by atoms with Crippen LogP contribution in [0.1, 0.15) is 44.2 Å². The second kappa shape index (κ2) is 7.72. The van der Waals surface area contributed by atoms with Crippen molar-refractivity contribution >= 4 is 5.96 Å². The lowest BCUT2D eigenvalue weighted by Crippen LogP contribution is -2.46. The molecule has 0 radical (unpaired) electrons. The average molecular weight is 451 g/mol. The molecule has 0 saturated carbocycles. The summed E-state index contributed by atoms with van der Waals surface area (Å²) in [5.74, 6) is 0.634. The summed E-state index contributed by atoms with van der Waals surface area (Å²) in [5, 5.41) is 10.7. The molecule has 3 atom stereocenters. The van der Waals surface area contributed by atoms with Crippen LogP contribution in [0.4, 0.5) is 4.39 Å². The number of nitriles is 1. The number of benzene rings is 2. The van der Waals surface area contributed by atoms with Gasteiger partial charge in [0, 0.05) is 31.6 Å². The van der Waals surface area contributed by atoms with Gasteiger partial charge in [-0.25, -0.2) is 19.3 Å². The molecular formula is C25H27FN4O3. The highest BCUT2D eigenvalue weighted by Crippen LogP contribution is 2.50. The van der Waals surface area contributed by atoms with Crippen molar-refractivity contribution in [1.29, 1.82) is 5.26 Å². The van der Waals surface area contributed by atoms with Gasteiger partial charge in [-0.1, -0.05) is 18.2 Å². The second-order valence-corrected chi connectivity index (χ2v) is 9.55. The van der Waals surface area contributed by atoms with E-state index in [2.05, 4.69) is 13.8 Å². The summed E-state index contributed by atoms with van der Waals surface area (Å²) in [5.41, 5.74) is 6.48. The number of nitrogens with two attached hydrogens (primary N) is 1. The number of guanidine groups is 1. The summed E-state index contributed by atoms with van der Waals surface area (Å²) in [6, 6.07) is 12.1. The van der Waals surface area contributed by atoms with E-state index in [1.807, 2.05) is 18.2 Å². The van der Waals surface area contributed by atoms with Crippen molar-refractivity contribution in [2.24, 2.45) is 16.6 Å². The Morgan fingerprint density at radius 2 is 2.06 bits per heavy atom. The number of fused-ring (bicyclic) bond motifs is 2. The fourth-order valence-corrected chi connectivity index (χ4v) is 5.13. The highest BCUT2D eigenvalue weighted by atomic mass is 19.1. The second-order valence-electron chi connectivity index (χ2n) is 9.55. The summed E-state index contributed by atoms with van der Waals surface area (Å²) in [7, 11) is 1.72. The smallest absolute Gasteiger partial charge is 0.221 e. The first-order valence-electron chi connectivity index (χ1n) is 11.1. The number of halogens is 1. The number of hydrogen-bond acceptors (Lipinski definition) is 7. The van der Waals surface area contributed by atoms with Crippen LogP contribution in [0.5, 0.6) is 5.75 Å². The Labute approximate surface area is 192 Å². The summed E-state index contributed by atoms with van der Waals surface area (Å²) in [6.07, 6.45) is 2.10. The first kappa shape index (κ1) is 21.7. The number of hydroxylamine groups is 2. The molecule has 33 heavy (non-hydrogen) atoms. The summed E-state index contributed by atoms with van der Waals surface area (Å²) in [6.45, 7) is 4.87. The van der Waals surface area contributed by atoms with Crippen molar-refractivity contribution in [3.63, 3.8) is 0 Å². The molecule has 0 aliphatic carbocycles. The Morgan fingerprint density at radius 3 is 2.76 bits per heavy atom.